The van der Waals surface area contributed by atoms with Crippen molar-refractivity contribution >= 4 is 17.3 Å². The smallest absolute Gasteiger partial charge is 0.271 e. The maximum Gasteiger partial charge on any atom is 0.271 e. The molecule has 0 spiro atoms. The lowest BCUT2D eigenvalue weighted by Crippen LogP contribution is -2.23. The van der Waals surface area contributed by atoms with Crippen molar-refractivity contribution in [2.24, 2.45) is 5.92 Å². The second-order valence-electron chi connectivity index (χ2n) is 4.73. The van der Waals surface area contributed by atoms with E-state index in [4.69, 9.17) is 0 Å². The molecule has 0 heterocycles. The Kier molecular flexibility index (Phi) is 3.94. The van der Waals surface area contributed by atoms with Crippen molar-refractivity contribution in [3.05, 3.63) is 46.0 Å². The third kappa shape index (κ3) is 3.19. The van der Waals surface area contributed by atoms with Gasteiger partial charge in [0.15, 0.2) is 0 Å². The predicted molar refractivity (Wildman–Crippen MR) is 72.9 cm³/mol. The number of rotatable bonds is 3. The maximum absolute atomic E-state index is 12.1. The number of nitro benzene ring substituents is 1. The molecule has 0 bridgehead atoms. The van der Waals surface area contributed by atoms with Crippen LogP contribution < -0.4 is 5.32 Å². The van der Waals surface area contributed by atoms with E-state index in [0.717, 1.165) is 24.8 Å². The average molecular weight is 260 g/mol. The number of allylic oxidation sites excluding steroid dienone is 2. The fourth-order valence-electron chi connectivity index (χ4n) is 2.12. The minimum Gasteiger partial charge on any atom is -0.325 e. The van der Waals surface area contributed by atoms with Gasteiger partial charge in [0.2, 0.25) is 5.91 Å². The topological polar surface area (TPSA) is 72.2 Å². The third-order valence-corrected chi connectivity index (χ3v) is 3.33. The van der Waals surface area contributed by atoms with Gasteiger partial charge in [-0.2, -0.15) is 0 Å². The van der Waals surface area contributed by atoms with Gasteiger partial charge in [0, 0.05) is 18.1 Å². The molecule has 0 radical (unpaired) electrons. The monoisotopic (exact) mass is 260 g/mol. The molecule has 0 aliphatic heterocycles. The molecular weight excluding hydrogens is 244 g/mol. The summed E-state index contributed by atoms with van der Waals surface area (Å²) in [6, 6.07) is 4.49. The van der Waals surface area contributed by atoms with E-state index >= 15 is 0 Å². The summed E-state index contributed by atoms with van der Waals surface area (Å²) in [6.45, 7) is 1.82. The molecule has 1 aliphatic carbocycles. The van der Waals surface area contributed by atoms with E-state index in [1.54, 1.807) is 6.07 Å². The number of nitrogens with zero attached hydrogens (tertiary/aromatic N) is 1. The van der Waals surface area contributed by atoms with Crippen molar-refractivity contribution in [2.75, 3.05) is 5.32 Å². The number of anilines is 1. The predicted octanol–water partition coefficient (Wildman–Crippen LogP) is 3.20. The molecule has 0 saturated carbocycles. The Morgan fingerprint density at radius 3 is 2.84 bits per heavy atom. The Morgan fingerprint density at radius 2 is 2.21 bits per heavy atom. The molecule has 1 aromatic carbocycles. The van der Waals surface area contributed by atoms with Crippen molar-refractivity contribution in [3.8, 4) is 0 Å². The number of carbonyl (C=O) groups excluding carboxylic acids is 1. The van der Waals surface area contributed by atoms with Gasteiger partial charge < -0.3 is 5.32 Å². The minimum absolute atomic E-state index is 0.00978. The molecule has 1 unspecified atom stereocenters. The van der Waals surface area contributed by atoms with Gasteiger partial charge in [0.25, 0.3) is 5.69 Å². The van der Waals surface area contributed by atoms with Crippen LogP contribution in [0.15, 0.2) is 30.4 Å². The largest absolute Gasteiger partial charge is 0.325 e. The minimum atomic E-state index is -0.460. The Morgan fingerprint density at radius 1 is 1.42 bits per heavy atom. The van der Waals surface area contributed by atoms with Gasteiger partial charge in [0.05, 0.1) is 10.6 Å². The van der Waals surface area contributed by atoms with Gasteiger partial charge >= 0.3 is 0 Å². The van der Waals surface area contributed by atoms with Crippen LogP contribution in [0.2, 0.25) is 0 Å². The Hall–Kier alpha value is -2.17. The van der Waals surface area contributed by atoms with Crippen LogP contribution in [0.4, 0.5) is 11.4 Å². The Bertz CT molecular complexity index is 537. The molecule has 100 valence electrons. The number of non-ortho nitro benzene ring substituents is 1. The zero-order valence-corrected chi connectivity index (χ0v) is 10.8. The average Bonchev–Trinajstić information content (AvgIpc) is 2.42. The summed E-state index contributed by atoms with van der Waals surface area (Å²) in [5.74, 6) is -0.100. The SMILES string of the molecule is Cc1ccc([N+](=O)[O-])cc1NC(=O)C1CC=CCC1. The highest BCUT2D eigenvalue weighted by molar-refractivity contribution is 5.93. The zero-order chi connectivity index (χ0) is 13.8. The van der Waals surface area contributed by atoms with E-state index in [-0.39, 0.29) is 17.5 Å². The van der Waals surface area contributed by atoms with Gasteiger partial charge in [-0.3, -0.25) is 14.9 Å². The molecule has 0 aromatic heterocycles. The molecular formula is C14H16N2O3. The van der Waals surface area contributed by atoms with Crippen molar-refractivity contribution in [1.29, 1.82) is 0 Å². The fourth-order valence-corrected chi connectivity index (χ4v) is 2.12. The quantitative estimate of drug-likeness (QED) is 0.515. The zero-order valence-electron chi connectivity index (χ0n) is 10.8. The van der Waals surface area contributed by atoms with Crippen molar-refractivity contribution in [1.82, 2.24) is 0 Å². The number of aryl methyl sites for hydroxylation is 1. The molecule has 5 nitrogen and oxygen atoms in total. The summed E-state index contributed by atoms with van der Waals surface area (Å²) < 4.78 is 0. The van der Waals surface area contributed by atoms with Gasteiger partial charge in [-0.25, -0.2) is 0 Å². The first kappa shape index (κ1) is 13.3. The van der Waals surface area contributed by atoms with Crippen molar-refractivity contribution in [2.45, 2.75) is 26.2 Å². The normalized spacial score (nSPS) is 18.1. The van der Waals surface area contributed by atoms with Gasteiger partial charge in [-0.15, -0.1) is 0 Å². The number of hydrogen-bond acceptors (Lipinski definition) is 3. The second kappa shape index (κ2) is 5.65. The highest BCUT2D eigenvalue weighted by atomic mass is 16.6. The van der Waals surface area contributed by atoms with E-state index in [9.17, 15) is 14.9 Å². The van der Waals surface area contributed by atoms with Gasteiger partial charge in [-0.1, -0.05) is 18.2 Å². The molecule has 1 atom stereocenters. The first-order valence-electron chi connectivity index (χ1n) is 6.29. The number of carbonyl (C=O) groups is 1. The Labute approximate surface area is 111 Å². The lowest BCUT2D eigenvalue weighted by molar-refractivity contribution is -0.384. The van der Waals surface area contributed by atoms with E-state index in [1.165, 1.54) is 12.1 Å². The first-order chi connectivity index (χ1) is 9.08. The number of amides is 1. The lowest BCUT2D eigenvalue weighted by Gasteiger charge is -2.18. The fraction of sp³-hybridized carbons (Fsp3) is 0.357. The van der Waals surface area contributed by atoms with Crippen LogP contribution in [0.25, 0.3) is 0 Å². The third-order valence-electron chi connectivity index (χ3n) is 3.33. The van der Waals surface area contributed by atoms with Crippen LogP contribution in [0.5, 0.6) is 0 Å². The molecule has 5 heteroatoms. The second-order valence-corrected chi connectivity index (χ2v) is 4.73. The summed E-state index contributed by atoms with van der Waals surface area (Å²) >= 11 is 0. The van der Waals surface area contributed by atoms with Crippen LogP contribution in [-0.2, 0) is 4.79 Å². The molecule has 1 aliphatic rings. The lowest BCUT2D eigenvalue weighted by atomic mass is 9.93. The summed E-state index contributed by atoms with van der Waals surface area (Å²) in [6.07, 6.45) is 6.55. The van der Waals surface area contributed by atoms with E-state index in [0.29, 0.717) is 5.69 Å². The number of hydrogen-bond donors (Lipinski definition) is 1. The highest BCUT2D eigenvalue weighted by Crippen LogP contribution is 2.24. The van der Waals surface area contributed by atoms with E-state index in [1.807, 2.05) is 13.0 Å². The molecule has 0 saturated heterocycles. The maximum atomic E-state index is 12.1. The molecule has 1 aromatic rings. The Balaban J connectivity index is 2.13. The molecule has 0 fully saturated rings. The standard InChI is InChI=1S/C14H16N2O3/c1-10-7-8-12(16(18)19)9-13(10)15-14(17)11-5-3-2-4-6-11/h2-3,7-9,11H,4-6H2,1H3,(H,15,17). The highest BCUT2D eigenvalue weighted by Gasteiger charge is 2.20. The molecule has 1 N–H and O–H groups in total. The number of nitro groups is 1. The van der Waals surface area contributed by atoms with Crippen LogP contribution >= 0.6 is 0 Å². The first-order valence-corrected chi connectivity index (χ1v) is 6.29. The number of benzene rings is 1. The van der Waals surface area contributed by atoms with Crippen LogP contribution in [0, 0.1) is 23.0 Å². The van der Waals surface area contributed by atoms with Gasteiger partial charge in [0.1, 0.15) is 0 Å². The summed E-state index contributed by atoms with van der Waals surface area (Å²) in [7, 11) is 0. The number of nitrogens with one attached hydrogen (secondary N) is 1. The molecule has 1 amide bonds. The van der Waals surface area contributed by atoms with Crippen LogP contribution in [-0.4, -0.2) is 10.8 Å². The van der Waals surface area contributed by atoms with E-state index in [2.05, 4.69) is 11.4 Å². The van der Waals surface area contributed by atoms with Crippen LogP contribution in [0.1, 0.15) is 24.8 Å². The van der Waals surface area contributed by atoms with Crippen LogP contribution in [0.3, 0.4) is 0 Å². The van der Waals surface area contributed by atoms with Crippen molar-refractivity contribution in [3.63, 3.8) is 0 Å². The van der Waals surface area contributed by atoms with Gasteiger partial charge in [-0.05, 0) is 31.7 Å². The molecule has 2 rings (SSSR count). The summed E-state index contributed by atoms with van der Waals surface area (Å²) in [4.78, 5) is 22.4. The summed E-state index contributed by atoms with van der Waals surface area (Å²) in [5, 5.41) is 13.5. The summed E-state index contributed by atoms with van der Waals surface area (Å²) in [5.41, 5.74) is 1.34. The molecule has 19 heavy (non-hydrogen) atoms. The van der Waals surface area contributed by atoms with Crippen molar-refractivity contribution < 1.29 is 9.72 Å². The van der Waals surface area contributed by atoms with E-state index < -0.39 is 4.92 Å².